The van der Waals surface area contributed by atoms with Crippen LogP contribution in [0.3, 0.4) is 0 Å². The average molecular weight is 547 g/mol. The first-order chi connectivity index (χ1) is 18.7. The number of hydrogen-bond acceptors (Lipinski definition) is 8. The molecular formula is C29H39FN2O7. The quantitative estimate of drug-likeness (QED) is 0.405. The van der Waals surface area contributed by atoms with E-state index in [1.165, 1.54) is 6.07 Å². The van der Waals surface area contributed by atoms with E-state index in [0.717, 1.165) is 19.3 Å². The van der Waals surface area contributed by atoms with Crippen molar-refractivity contribution in [3.63, 3.8) is 0 Å². The Labute approximate surface area is 228 Å². The molecule has 1 saturated carbocycles. The van der Waals surface area contributed by atoms with Crippen molar-refractivity contribution in [3.8, 4) is 0 Å². The Balaban J connectivity index is 1.04. The van der Waals surface area contributed by atoms with Crippen LogP contribution in [0.1, 0.15) is 59.3 Å². The number of rotatable bonds is 5. The molecule has 1 aliphatic carbocycles. The third-order valence-electron chi connectivity index (χ3n) is 9.71. The molecule has 0 unspecified atom stereocenters. The molecular weight excluding hydrogens is 507 g/mol. The second kappa shape index (κ2) is 10.3. The van der Waals surface area contributed by atoms with Gasteiger partial charge in [0.15, 0.2) is 11.9 Å². The minimum absolute atomic E-state index is 0.0305. The van der Waals surface area contributed by atoms with E-state index in [2.05, 4.69) is 6.92 Å². The lowest BCUT2D eigenvalue weighted by molar-refractivity contribution is -0.576. The van der Waals surface area contributed by atoms with Crippen LogP contribution in [0, 0.1) is 29.5 Å². The van der Waals surface area contributed by atoms with Gasteiger partial charge in [0.2, 0.25) is 18.0 Å². The maximum atomic E-state index is 14.1. The highest BCUT2D eigenvalue weighted by atomic mass is 19.1. The summed E-state index contributed by atoms with van der Waals surface area (Å²) in [7, 11) is 0. The number of ether oxygens (including phenoxy) is 3. The smallest absolute Gasteiger partial charge is 0.308 e. The van der Waals surface area contributed by atoms with Gasteiger partial charge in [0.05, 0.1) is 12.1 Å². The topological polar surface area (TPSA) is 86.8 Å². The Morgan fingerprint density at radius 3 is 2.56 bits per heavy atom. The van der Waals surface area contributed by atoms with Crippen LogP contribution in [0.2, 0.25) is 0 Å². The first-order valence-electron chi connectivity index (χ1n) is 14.4. The third kappa shape index (κ3) is 4.73. The van der Waals surface area contributed by atoms with Gasteiger partial charge in [0.25, 0.3) is 0 Å². The molecule has 1 aromatic carbocycles. The van der Waals surface area contributed by atoms with Gasteiger partial charge in [-0.25, -0.2) is 14.2 Å². The van der Waals surface area contributed by atoms with Crippen molar-refractivity contribution in [1.29, 1.82) is 0 Å². The maximum absolute atomic E-state index is 14.1. The average Bonchev–Trinajstić information content (AvgIpc) is 3.16. The van der Waals surface area contributed by atoms with E-state index >= 15 is 0 Å². The number of hydrogen-bond donors (Lipinski definition) is 0. The van der Waals surface area contributed by atoms with Crippen LogP contribution < -0.4 is 4.90 Å². The number of carbonyl (C=O) groups excluding carboxylic acids is 2. The van der Waals surface area contributed by atoms with Gasteiger partial charge in [-0.2, -0.15) is 0 Å². The molecule has 6 fully saturated rings. The molecule has 5 aliphatic heterocycles. The van der Waals surface area contributed by atoms with Crippen molar-refractivity contribution < 1.29 is 38.0 Å². The number of piperazine rings is 1. The Morgan fingerprint density at radius 1 is 1.03 bits per heavy atom. The molecule has 5 saturated heterocycles. The zero-order valence-electron chi connectivity index (χ0n) is 23.0. The van der Waals surface area contributed by atoms with Crippen LogP contribution in [-0.2, 0) is 33.6 Å². The van der Waals surface area contributed by atoms with Gasteiger partial charge in [-0.15, -0.1) is 0 Å². The fraction of sp³-hybridized carbons (Fsp3) is 0.724. The van der Waals surface area contributed by atoms with E-state index in [1.54, 1.807) is 23.1 Å². The van der Waals surface area contributed by atoms with E-state index in [1.807, 2.05) is 18.7 Å². The molecule has 0 aromatic heterocycles. The van der Waals surface area contributed by atoms with Gasteiger partial charge >= 0.3 is 5.97 Å². The van der Waals surface area contributed by atoms with Crippen molar-refractivity contribution in [2.45, 2.75) is 83.3 Å². The van der Waals surface area contributed by atoms with Crippen LogP contribution in [0.4, 0.5) is 10.1 Å². The molecule has 1 amide bonds. The Hall–Kier alpha value is -2.27. The van der Waals surface area contributed by atoms with Crippen LogP contribution in [-0.4, -0.2) is 66.9 Å². The summed E-state index contributed by atoms with van der Waals surface area (Å²) in [5, 5.41) is 0. The molecule has 214 valence electrons. The van der Waals surface area contributed by atoms with E-state index in [0.29, 0.717) is 44.2 Å². The summed E-state index contributed by atoms with van der Waals surface area (Å²) in [6.07, 6.45) is 2.18. The second-order valence-electron chi connectivity index (χ2n) is 12.1. The summed E-state index contributed by atoms with van der Waals surface area (Å²) in [6, 6.07) is 6.66. The molecule has 1 aromatic rings. The number of amides is 1. The molecule has 0 radical (unpaired) electrons. The standard InChI is InChI=1S/C29H39FN2O7/c1-18-8-9-21-19(2)26(36-27-29(21)20(18)12-13-28(3,37-27)38-39-29)35-25(34)11-10-24(33)32-16-14-31(15-17-32)23-7-5-4-6-22(23)30/h4-7,18-21,26-27H,8-17H2,1-3H3/t18-,19-,20+,21+,26-,27-,28-,29-/m1/s1. The van der Waals surface area contributed by atoms with Gasteiger partial charge in [-0.05, 0) is 50.2 Å². The van der Waals surface area contributed by atoms with Gasteiger partial charge < -0.3 is 24.0 Å². The highest BCUT2D eigenvalue weighted by Crippen LogP contribution is 2.60. The molecule has 5 heterocycles. The molecule has 9 nitrogen and oxygen atoms in total. The second-order valence-corrected chi connectivity index (χ2v) is 12.1. The van der Waals surface area contributed by atoms with E-state index in [4.69, 9.17) is 24.0 Å². The summed E-state index contributed by atoms with van der Waals surface area (Å²) in [5.74, 6) is -1.10. The number of fused-ring (bicyclic) bond motifs is 2. The van der Waals surface area contributed by atoms with Gasteiger partial charge in [0.1, 0.15) is 5.82 Å². The highest BCUT2D eigenvalue weighted by molar-refractivity contribution is 5.81. The first-order valence-corrected chi connectivity index (χ1v) is 14.4. The number of nitrogens with zero attached hydrogens (tertiary/aromatic N) is 2. The normalized spacial score (nSPS) is 39.6. The van der Waals surface area contributed by atoms with Gasteiger partial charge in [-0.3, -0.25) is 9.59 Å². The van der Waals surface area contributed by atoms with E-state index in [-0.39, 0.29) is 42.3 Å². The van der Waals surface area contributed by atoms with Gasteiger partial charge in [0, 0.05) is 50.9 Å². The summed E-state index contributed by atoms with van der Waals surface area (Å²) >= 11 is 0. The molecule has 10 heteroatoms. The van der Waals surface area contributed by atoms with Crippen LogP contribution in [0.5, 0.6) is 0 Å². The molecule has 39 heavy (non-hydrogen) atoms. The van der Waals surface area contributed by atoms with E-state index < -0.39 is 29.9 Å². The number of carbonyl (C=O) groups is 2. The molecule has 7 rings (SSSR count). The van der Waals surface area contributed by atoms with Crippen molar-refractivity contribution in [1.82, 2.24) is 4.90 Å². The van der Waals surface area contributed by atoms with Gasteiger partial charge in [-0.1, -0.05) is 26.0 Å². The zero-order chi connectivity index (χ0) is 27.4. The van der Waals surface area contributed by atoms with E-state index in [9.17, 15) is 14.0 Å². The Kier molecular flexibility index (Phi) is 7.10. The molecule has 8 atom stereocenters. The summed E-state index contributed by atoms with van der Waals surface area (Å²) in [6.45, 7) is 8.19. The minimum Gasteiger partial charge on any atom is -0.435 e. The lowest BCUT2D eigenvalue weighted by Gasteiger charge is -2.59. The predicted molar refractivity (Wildman–Crippen MR) is 137 cm³/mol. The highest BCUT2D eigenvalue weighted by Gasteiger charge is 2.69. The largest absolute Gasteiger partial charge is 0.435 e. The fourth-order valence-corrected chi connectivity index (χ4v) is 7.47. The Bertz CT molecular complexity index is 1100. The fourth-order valence-electron chi connectivity index (χ4n) is 7.47. The third-order valence-corrected chi connectivity index (χ3v) is 9.71. The minimum atomic E-state index is -0.893. The summed E-state index contributed by atoms with van der Waals surface area (Å²) < 4.78 is 32.6. The lowest BCUT2D eigenvalue weighted by Crippen LogP contribution is -2.70. The lowest BCUT2D eigenvalue weighted by atomic mass is 9.58. The van der Waals surface area contributed by atoms with Crippen LogP contribution in [0.15, 0.2) is 24.3 Å². The van der Waals surface area contributed by atoms with Crippen molar-refractivity contribution in [2.75, 3.05) is 31.1 Å². The van der Waals surface area contributed by atoms with Crippen molar-refractivity contribution >= 4 is 17.6 Å². The predicted octanol–water partition coefficient (Wildman–Crippen LogP) is 4.01. The SMILES string of the molecule is C[C@H]1[C@H](OC(=O)CCC(=O)N2CCN(c3ccccc3F)CC2)O[C@@H]2O[C@@]3(C)CC[C@H]4[C@H](C)CC[C@@H]1[C@@]24OO3. The van der Waals surface area contributed by atoms with Crippen molar-refractivity contribution in [2.24, 2.45) is 23.7 Å². The zero-order valence-corrected chi connectivity index (χ0v) is 23.0. The molecule has 0 N–H and O–H groups in total. The van der Waals surface area contributed by atoms with Crippen LogP contribution >= 0.6 is 0 Å². The molecule has 6 aliphatic rings. The number of halogens is 1. The van der Waals surface area contributed by atoms with Crippen LogP contribution in [0.25, 0.3) is 0 Å². The number of esters is 1. The molecule has 1 spiro atoms. The maximum Gasteiger partial charge on any atom is 0.308 e. The summed E-state index contributed by atoms with van der Waals surface area (Å²) in [4.78, 5) is 41.3. The summed E-state index contributed by atoms with van der Waals surface area (Å²) in [5.41, 5.74) is -0.163. The first kappa shape index (κ1) is 26.9. The number of anilines is 1. The molecule has 2 bridgehead atoms. The van der Waals surface area contributed by atoms with Crippen molar-refractivity contribution in [3.05, 3.63) is 30.1 Å². The monoisotopic (exact) mass is 546 g/mol. The number of para-hydroxylation sites is 1. The number of benzene rings is 1. The Morgan fingerprint density at radius 2 is 1.79 bits per heavy atom.